The van der Waals surface area contributed by atoms with E-state index in [0.717, 1.165) is 16.7 Å². The van der Waals surface area contributed by atoms with E-state index < -0.39 is 10.0 Å². The lowest BCUT2D eigenvalue weighted by molar-refractivity contribution is 0.402. The Kier molecular flexibility index (Phi) is 4.23. The lowest BCUT2D eigenvalue weighted by Gasteiger charge is -2.14. The van der Waals surface area contributed by atoms with E-state index >= 15 is 0 Å². The third-order valence-corrected chi connectivity index (χ3v) is 4.62. The van der Waals surface area contributed by atoms with E-state index in [4.69, 9.17) is 4.74 Å². The second kappa shape index (κ2) is 5.77. The quantitative estimate of drug-likeness (QED) is 0.941. The Labute approximate surface area is 125 Å². The highest BCUT2D eigenvalue weighted by atomic mass is 32.2. The van der Waals surface area contributed by atoms with Gasteiger partial charge in [-0.05, 0) is 50.1 Å². The molecule has 0 aliphatic carbocycles. The average Bonchev–Trinajstić information content (AvgIpc) is 2.42. The van der Waals surface area contributed by atoms with Gasteiger partial charge in [-0.2, -0.15) is 0 Å². The molecule has 0 aliphatic rings. The molecule has 1 N–H and O–H groups in total. The number of ether oxygens (including phenoxy) is 1. The van der Waals surface area contributed by atoms with Crippen LogP contribution in [0.4, 0.5) is 5.69 Å². The largest absolute Gasteiger partial charge is 0.495 e. The third-order valence-electron chi connectivity index (χ3n) is 3.23. The fourth-order valence-electron chi connectivity index (χ4n) is 2.12. The van der Waals surface area contributed by atoms with Gasteiger partial charge in [0.25, 0.3) is 10.0 Å². The smallest absolute Gasteiger partial charge is 0.265 e. The minimum Gasteiger partial charge on any atom is -0.495 e. The third kappa shape index (κ3) is 3.36. The first-order valence-electron chi connectivity index (χ1n) is 6.58. The normalized spacial score (nSPS) is 11.2. The van der Waals surface area contributed by atoms with Crippen LogP contribution >= 0.6 is 0 Å². The molecule has 112 valence electrons. The van der Waals surface area contributed by atoms with Gasteiger partial charge >= 0.3 is 0 Å². The molecule has 0 atom stereocenters. The summed E-state index contributed by atoms with van der Waals surface area (Å²) in [5.41, 5.74) is 3.40. The van der Waals surface area contributed by atoms with Crippen LogP contribution < -0.4 is 9.46 Å². The Bertz CT molecular complexity index is 767. The topological polar surface area (TPSA) is 55.4 Å². The standard InChI is InChI=1S/C16H19NO3S/c1-11-5-7-14(13(3)9-11)17-21(18,19)16-10-12(2)6-8-15(16)20-4/h5-10,17H,1-4H3. The van der Waals surface area contributed by atoms with E-state index in [2.05, 4.69) is 4.72 Å². The number of rotatable bonds is 4. The van der Waals surface area contributed by atoms with E-state index in [9.17, 15) is 8.42 Å². The number of anilines is 1. The van der Waals surface area contributed by atoms with Gasteiger partial charge in [0, 0.05) is 0 Å². The van der Waals surface area contributed by atoms with Crippen molar-refractivity contribution in [2.24, 2.45) is 0 Å². The lowest BCUT2D eigenvalue weighted by Crippen LogP contribution is -2.15. The molecule has 4 nitrogen and oxygen atoms in total. The molecule has 21 heavy (non-hydrogen) atoms. The maximum absolute atomic E-state index is 12.6. The summed E-state index contributed by atoms with van der Waals surface area (Å²) >= 11 is 0. The molecule has 0 fully saturated rings. The molecule has 0 radical (unpaired) electrons. The Morgan fingerprint density at radius 2 is 1.57 bits per heavy atom. The number of benzene rings is 2. The Morgan fingerprint density at radius 3 is 2.19 bits per heavy atom. The van der Waals surface area contributed by atoms with Crippen molar-refractivity contribution in [1.29, 1.82) is 0 Å². The van der Waals surface area contributed by atoms with Gasteiger partial charge in [0.15, 0.2) is 0 Å². The van der Waals surface area contributed by atoms with Gasteiger partial charge in [0.2, 0.25) is 0 Å². The molecule has 0 saturated heterocycles. The lowest BCUT2D eigenvalue weighted by atomic mass is 10.1. The van der Waals surface area contributed by atoms with Gasteiger partial charge in [-0.1, -0.05) is 23.8 Å². The highest BCUT2D eigenvalue weighted by molar-refractivity contribution is 7.92. The van der Waals surface area contributed by atoms with Crippen LogP contribution in [0, 0.1) is 20.8 Å². The van der Waals surface area contributed by atoms with Crippen molar-refractivity contribution >= 4 is 15.7 Å². The van der Waals surface area contributed by atoms with Crippen molar-refractivity contribution in [2.75, 3.05) is 11.8 Å². The maximum Gasteiger partial charge on any atom is 0.265 e. The molecule has 0 aliphatic heterocycles. The molecule has 2 rings (SSSR count). The molecular weight excluding hydrogens is 286 g/mol. The van der Waals surface area contributed by atoms with Crippen LogP contribution in [-0.2, 0) is 10.0 Å². The average molecular weight is 305 g/mol. The fourth-order valence-corrected chi connectivity index (χ4v) is 3.51. The van der Waals surface area contributed by atoms with Crippen molar-refractivity contribution in [3.8, 4) is 5.75 Å². The maximum atomic E-state index is 12.6. The van der Waals surface area contributed by atoms with E-state index in [0.29, 0.717) is 11.4 Å². The highest BCUT2D eigenvalue weighted by Gasteiger charge is 2.20. The van der Waals surface area contributed by atoms with Crippen LogP contribution in [0.25, 0.3) is 0 Å². The molecular formula is C16H19NO3S. The van der Waals surface area contributed by atoms with Gasteiger partial charge < -0.3 is 4.74 Å². The van der Waals surface area contributed by atoms with Crippen LogP contribution in [0.1, 0.15) is 16.7 Å². The number of methoxy groups -OCH3 is 1. The summed E-state index contributed by atoms with van der Waals surface area (Å²) in [6.45, 7) is 5.68. The van der Waals surface area contributed by atoms with Crippen LogP contribution in [0.3, 0.4) is 0 Å². The second-order valence-corrected chi connectivity index (χ2v) is 6.73. The van der Waals surface area contributed by atoms with E-state index in [1.807, 2.05) is 39.0 Å². The predicted molar refractivity (Wildman–Crippen MR) is 84.5 cm³/mol. The highest BCUT2D eigenvalue weighted by Crippen LogP contribution is 2.27. The van der Waals surface area contributed by atoms with E-state index in [1.165, 1.54) is 7.11 Å². The van der Waals surface area contributed by atoms with Gasteiger partial charge in [-0.3, -0.25) is 4.72 Å². The van der Waals surface area contributed by atoms with Crippen LogP contribution in [-0.4, -0.2) is 15.5 Å². The second-order valence-electron chi connectivity index (χ2n) is 5.08. The number of hydrogen-bond donors (Lipinski definition) is 1. The summed E-state index contributed by atoms with van der Waals surface area (Å²) < 4.78 is 32.9. The Morgan fingerprint density at radius 1 is 0.952 bits per heavy atom. The first-order valence-corrected chi connectivity index (χ1v) is 8.06. The van der Waals surface area contributed by atoms with E-state index in [1.54, 1.807) is 18.2 Å². The molecule has 0 unspecified atom stereocenters. The number of aryl methyl sites for hydroxylation is 3. The monoisotopic (exact) mass is 305 g/mol. The van der Waals surface area contributed by atoms with Crippen molar-refractivity contribution in [3.05, 3.63) is 53.1 Å². The summed E-state index contributed by atoms with van der Waals surface area (Å²) in [4.78, 5) is 0.143. The summed E-state index contributed by atoms with van der Waals surface area (Å²) in [5, 5.41) is 0. The van der Waals surface area contributed by atoms with Crippen molar-refractivity contribution in [3.63, 3.8) is 0 Å². The Balaban J connectivity index is 2.45. The molecule has 0 aromatic heterocycles. The summed E-state index contributed by atoms with van der Waals surface area (Å²) in [7, 11) is -2.23. The molecule has 2 aromatic carbocycles. The number of hydrogen-bond acceptors (Lipinski definition) is 3. The minimum atomic E-state index is -3.69. The van der Waals surface area contributed by atoms with Crippen LogP contribution in [0.15, 0.2) is 41.3 Å². The summed E-state index contributed by atoms with van der Waals surface area (Å²) in [6, 6.07) is 10.7. The zero-order chi connectivity index (χ0) is 15.6. The zero-order valence-corrected chi connectivity index (χ0v) is 13.4. The molecule has 2 aromatic rings. The SMILES string of the molecule is COc1ccc(C)cc1S(=O)(=O)Nc1ccc(C)cc1C. The van der Waals surface area contributed by atoms with Gasteiger partial charge in [0.1, 0.15) is 10.6 Å². The Hall–Kier alpha value is -2.01. The minimum absolute atomic E-state index is 0.143. The summed E-state index contributed by atoms with van der Waals surface area (Å²) in [5.74, 6) is 0.331. The van der Waals surface area contributed by atoms with Gasteiger partial charge in [-0.25, -0.2) is 8.42 Å². The van der Waals surface area contributed by atoms with Crippen LogP contribution in [0.5, 0.6) is 5.75 Å². The first-order chi connectivity index (χ1) is 9.83. The zero-order valence-electron chi connectivity index (χ0n) is 12.6. The van der Waals surface area contributed by atoms with E-state index in [-0.39, 0.29) is 4.90 Å². The van der Waals surface area contributed by atoms with Crippen LogP contribution in [0.2, 0.25) is 0 Å². The van der Waals surface area contributed by atoms with Crippen molar-refractivity contribution in [1.82, 2.24) is 0 Å². The molecule has 0 saturated carbocycles. The number of sulfonamides is 1. The molecule has 0 amide bonds. The number of nitrogens with one attached hydrogen (secondary N) is 1. The fraction of sp³-hybridized carbons (Fsp3) is 0.250. The molecule has 0 bridgehead atoms. The van der Waals surface area contributed by atoms with Gasteiger partial charge in [-0.15, -0.1) is 0 Å². The molecule has 0 heterocycles. The first kappa shape index (κ1) is 15.4. The predicted octanol–water partition coefficient (Wildman–Crippen LogP) is 3.42. The summed E-state index contributed by atoms with van der Waals surface area (Å²) in [6.07, 6.45) is 0. The van der Waals surface area contributed by atoms with Crippen molar-refractivity contribution in [2.45, 2.75) is 25.7 Å². The molecule has 5 heteroatoms. The van der Waals surface area contributed by atoms with Crippen molar-refractivity contribution < 1.29 is 13.2 Å². The molecule has 0 spiro atoms. The van der Waals surface area contributed by atoms with Gasteiger partial charge in [0.05, 0.1) is 12.8 Å².